The van der Waals surface area contributed by atoms with E-state index in [4.69, 9.17) is 4.98 Å². The summed E-state index contributed by atoms with van der Waals surface area (Å²) in [6.07, 6.45) is 7.66. The number of amides is 1. The maximum absolute atomic E-state index is 11.5. The van der Waals surface area contributed by atoms with Crippen molar-refractivity contribution < 1.29 is 4.79 Å². The molecule has 0 bridgehead atoms. The first-order chi connectivity index (χ1) is 13.6. The van der Waals surface area contributed by atoms with E-state index in [0.717, 1.165) is 41.3 Å². The van der Waals surface area contributed by atoms with Crippen molar-refractivity contribution in [2.45, 2.75) is 13.0 Å². The number of hydrogen-bond acceptors (Lipinski definition) is 6. The molecule has 4 rings (SSSR count). The average Bonchev–Trinajstić information content (AvgIpc) is 3.28. The summed E-state index contributed by atoms with van der Waals surface area (Å²) in [7, 11) is 1.86. The Bertz CT molecular complexity index is 1030. The number of fused-ring (bicyclic) bond motifs is 1. The Kier molecular flexibility index (Phi) is 4.76. The number of nitrogens with one attached hydrogen (secondary N) is 2. The molecule has 0 saturated carbocycles. The zero-order valence-corrected chi connectivity index (χ0v) is 15.6. The van der Waals surface area contributed by atoms with Crippen LogP contribution in [0.1, 0.15) is 11.1 Å². The molecule has 1 aliphatic rings. The Balaban J connectivity index is 1.51. The molecule has 8 nitrogen and oxygen atoms in total. The predicted molar refractivity (Wildman–Crippen MR) is 109 cm³/mol. The fourth-order valence-electron chi connectivity index (χ4n) is 3.20. The maximum Gasteiger partial charge on any atom is 0.247 e. The van der Waals surface area contributed by atoms with E-state index in [1.54, 1.807) is 10.9 Å². The summed E-state index contributed by atoms with van der Waals surface area (Å²) in [5, 5.41) is 10.1. The van der Waals surface area contributed by atoms with E-state index in [0.29, 0.717) is 12.5 Å². The minimum absolute atomic E-state index is 0.220. The fourth-order valence-corrected chi connectivity index (χ4v) is 3.20. The van der Waals surface area contributed by atoms with E-state index in [2.05, 4.69) is 32.2 Å². The summed E-state index contributed by atoms with van der Waals surface area (Å²) in [6.45, 7) is 5.06. The van der Waals surface area contributed by atoms with Gasteiger partial charge in [-0.05, 0) is 30.2 Å². The van der Waals surface area contributed by atoms with Crippen LogP contribution in [0.25, 0.3) is 0 Å². The molecule has 2 aromatic heterocycles. The van der Waals surface area contributed by atoms with Gasteiger partial charge in [0.25, 0.3) is 0 Å². The van der Waals surface area contributed by atoms with Crippen molar-refractivity contribution in [1.29, 1.82) is 0 Å². The van der Waals surface area contributed by atoms with Gasteiger partial charge in [0, 0.05) is 43.8 Å². The number of aryl methyl sites for hydroxylation is 1. The Morgan fingerprint density at radius 2 is 2.21 bits per heavy atom. The van der Waals surface area contributed by atoms with Crippen LogP contribution in [0.15, 0.2) is 55.5 Å². The first-order valence-electron chi connectivity index (χ1n) is 8.99. The summed E-state index contributed by atoms with van der Waals surface area (Å²) in [5.74, 6) is 1.26. The summed E-state index contributed by atoms with van der Waals surface area (Å²) in [6, 6.07) is 7.80. The Morgan fingerprint density at radius 1 is 1.32 bits per heavy atom. The molecule has 8 heteroatoms. The van der Waals surface area contributed by atoms with E-state index in [1.165, 1.54) is 6.08 Å². The van der Waals surface area contributed by atoms with Crippen molar-refractivity contribution >= 4 is 29.0 Å². The molecule has 0 aliphatic carbocycles. The number of hydrogen-bond donors (Lipinski definition) is 2. The standard InChI is InChI=1S/C20H21N7O/c1-3-18(28)23-16-6-4-5-14(9-16)12-27-8-7-15-10-21-20(25-19(15)27)24-17-11-22-26(2)13-17/h3-6,9-11,13H,1,7-8,12H2,2H3,(H,23,28)(H,21,24,25). The zero-order valence-electron chi connectivity index (χ0n) is 15.6. The van der Waals surface area contributed by atoms with Gasteiger partial charge in [0.2, 0.25) is 11.9 Å². The van der Waals surface area contributed by atoms with Crippen molar-refractivity contribution in [3.63, 3.8) is 0 Å². The first-order valence-corrected chi connectivity index (χ1v) is 8.99. The minimum Gasteiger partial charge on any atom is -0.352 e. The van der Waals surface area contributed by atoms with Gasteiger partial charge < -0.3 is 15.5 Å². The molecule has 28 heavy (non-hydrogen) atoms. The average molecular weight is 375 g/mol. The molecule has 0 saturated heterocycles. The maximum atomic E-state index is 11.5. The number of carbonyl (C=O) groups excluding carboxylic acids is 1. The van der Waals surface area contributed by atoms with Gasteiger partial charge in [-0.25, -0.2) is 4.98 Å². The summed E-state index contributed by atoms with van der Waals surface area (Å²) >= 11 is 0. The van der Waals surface area contributed by atoms with Crippen LogP contribution in [-0.4, -0.2) is 32.2 Å². The van der Waals surface area contributed by atoms with Gasteiger partial charge in [0.05, 0.1) is 11.9 Å². The molecule has 0 radical (unpaired) electrons. The molecular weight excluding hydrogens is 354 g/mol. The van der Waals surface area contributed by atoms with E-state index >= 15 is 0 Å². The number of nitrogens with zero attached hydrogens (tertiary/aromatic N) is 5. The summed E-state index contributed by atoms with van der Waals surface area (Å²) in [5.41, 5.74) is 3.82. The number of rotatable bonds is 6. The smallest absolute Gasteiger partial charge is 0.247 e. The van der Waals surface area contributed by atoms with Gasteiger partial charge in [0.15, 0.2) is 0 Å². The Morgan fingerprint density at radius 3 is 3.00 bits per heavy atom. The van der Waals surface area contributed by atoms with E-state index in [9.17, 15) is 4.79 Å². The predicted octanol–water partition coefficient (Wildman–Crippen LogP) is 2.64. The molecule has 0 fully saturated rings. The van der Waals surface area contributed by atoms with Crippen LogP contribution in [0, 0.1) is 0 Å². The van der Waals surface area contributed by atoms with Crippen LogP contribution in [0.3, 0.4) is 0 Å². The van der Waals surface area contributed by atoms with Crippen LogP contribution in [0.2, 0.25) is 0 Å². The third kappa shape index (κ3) is 3.85. The number of anilines is 4. The second-order valence-electron chi connectivity index (χ2n) is 6.64. The largest absolute Gasteiger partial charge is 0.352 e. The van der Waals surface area contributed by atoms with Crippen molar-refractivity contribution in [1.82, 2.24) is 19.7 Å². The molecule has 1 aliphatic heterocycles. The lowest BCUT2D eigenvalue weighted by Crippen LogP contribution is -2.21. The van der Waals surface area contributed by atoms with Gasteiger partial charge in [-0.15, -0.1) is 0 Å². The molecule has 1 aromatic carbocycles. The molecule has 0 unspecified atom stereocenters. The number of aromatic nitrogens is 4. The van der Waals surface area contributed by atoms with Gasteiger partial charge in [-0.2, -0.15) is 10.1 Å². The Labute approximate surface area is 162 Å². The normalized spacial score (nSPS) is 12.5. The summed E-state index contributed by atoms with van der Waals surface area (Å²) in [4.78, 5) is 22.9. The van der Waals surface area contributed by atoms with Crippen LogP contribution in [-0.2, 0) is 24.8 Å². The van der Waals surface area contributed by atoms with Crippen molar-refractivity contribution in [2.75, 3.05) is 22.1 Å². The van der Waals surface area contributed by atoms with Crippen molar-refractivity contribution in [3.8, 4) is 0 Å². The number of carbonyl (C=O) groups is 1. The lowest BCUT2D eigenvalue weighted by Gasteiger charge is -2.19. The highest BCUT2D eigenvalue weighted by Gasteiger charge is 2.22. The molecule has 142 valence electrons. The van der Waals surface area contributed by atoms with Crippen molar-refractivity contribution in [2.24, 2.45) is 7.05 Å². The second-order valence-corrected chi connectivity index (χ2v) is 6.64. The lowest BCUT2D eigenvalue weighted by atomic mass is 10.2. The van der Waals surface area contributed by atoms with Crippen molar-refractivity contribution in [3.05, 3.63) is 66.6 Å². The van der Waals surface area contributed by atoms with Crippen LogP contribution in [0.5, 0.6) is 0 Å². The van der Waals surface area contributed by atoms with E-state index < -0.39 is 0 Å². The third-order valence-corrected chi connectivity index (χ3v) is 4.51. The first kappa shape index (κ1) is 17.7. The van der Waals surface area contributed by atoms with E-state index in [1.807, 2.05) is 43.7 Å². The topological polar surface area (TPSA) is 88.0 Å². The lowest BCUT2D eigenvalue weighted by molar-refractivity contribution is -0.111. The van der Waals surface area contributed by atoms with Gasteiger partial charge >= 0.3 is 0 Å². The molecule has 0 spiro atoms. The van der Waals surface area contributed by atoms with Gasteiger partial charge in [0.1, 0.15) is 5.82 Å². The molecule has 3 heterocycles. The number of benzene rings is 1. The fraction of sp³-hybridized carbons (Fsp3) is 0.200. The van der Waals surface area contributed by atoms with Crippen LogP contribution < -0.4 is 15.5 Å². The molecule has 1 amide bonds. The highest BCUT2D eigenvalue weighted by molar-refractivity contribution is 5.98. The zero-order chi connectivity index (χ0) is 19.5. The highest BCUT2D eigenvalue weighted by atomic mass is 16.1. The van der Waals surface area contributed by atoms with Gasteiger partial charge in [-0.1, -0.05) is 18.7 Å². The minimum atomic E-state index is -0.220. The molecule has 2 N–H and O–H groups in total. The van der Waals surface area contributed by atoms with Gasteiger partial charge in [-0.3, -0.25) is 9.48 Å². The summed E-state index contributed by atoms with van der Waals surface area (Å²) < 4.78 is 1.72. The highest BCUT2D eigenvalue weighted by Crippen LogP contribution is 2.28. The van der Waals surface area contributed by atoms with Crippen LogP contribution >= 0.6 is 0 Å². The molecule has 3 aromatic rings. The molecule has 0 atom stereocenters. The van der Waals surface area contributed by atoms with E-state index in [-0.39, 0.29) is 5.91 Å². The Hall–Kier alpha value is -3.68. The quantitative estimate of drug-likeness (QED) is 0.644. The monoisotopic (exact) mass is 375 g/mol. The third-order valence-electron chi connectivity index (χ3n) is 4.51. The van der Waals surface area contributed by atoms with Crippen LogP contribution in [0.4, 0.5) is 23.1 Å². The molecular formula is C20H21N7O. The second kappa shape index (κ2) is 7.51. The SMILES string of the molecule is C=CC(=O)Nc1cccc(CN2CCc3cnc(Nc4cnn(C)c4)nc32)c1.